The maximum absolute atomic E-state index is 11.7. The van der Waals surface area contributed by atoms with Gasteiger partial charge in [-0.05, 0) is 23.6 Å². The lowest BCUT2D eigenvalue weighted by Gasteiger charge is -2.06. The van der Waals surface area contributed by atoms with Crippen molar-refractivity contribution < 1.29 is 0 Å². The molecule has 2 aromatic heterocycles. The van der Waals surface area contributed by atoms with E-state index in [9.17, 15) is 4.79 Å². The van der Waals surface area contributed by atoms with Crippen LogP contribution in [0, 0.1) is 0 Å². The monoisotopic (exact) mass is 228 g/mol. The first-order chi connectivity index (χ1) is 8.16. The molecule has 0 aliphatic rings. The molecule has 0 spiro atoms. The van der Waals surface area contributed by atoms with E-state index in [4.69, 9.17) is 0 Å². The average Bonchev–Trinajstić information content (AvgIpc) is 2.78. The quantitative estimate of drug-likeness (QED) is 0.689. The smallest absolute Gasteiger partial charge is 0.305 e. The van der Waals surface area contributed by atoms with Gasteiger partial charge in [0.05, 0.1) is 5.52 Å². The Kier molecular flexibility index (Phi) is 2.01. The lowest BCUT2D eigenvalue weighted by molar-refractivity contribution is 0.864. The molecule has 0 atom stereocenters. The lowest BCUT2D eigenvalue weighted by Crippen LogP contribution is -2.17. The molecule has 17 heavy (non-hydrogen) atoms. The predicted molar refractivity (Wildman–Crippen MR) is 65.2 cm³/mol. The number of aromatic amines is 1. The fourth-order valence-electron chi connectivity index (χ4n) is 1.96. The topological polar surface area (TPSA) is 63.0 Å². The van der Waals surface area contributed by atoms with Gasteiger partial charge in [0.15, 0.2) is 5.65 Å². The summed E-state index contributed by atoms with van der Waals surface area (Å²) >= 11 is 0. The highest BCUT2D eigenvalue weighted by Gasteiger charge is 2.08. The van der Waals surface area contributed by atoms with E-state index in [0.717, 1.165) is 10.9 Å². The summed E-state index contributed by atoms with van der Waals surface area (Å²) in [5.74, 6) is 0.439. The predicted octanol–water partition coefficient (Wildman–Crippen LogP) is 1.69. The first-order valence-corrected chi connectivity index (χ1v) is 5.52. The summed E-state index contributed by atoms with van der Waals surface area (Å²) in [6.07, 6.45) is 1.39. The van der Waals surface area contributed by atoms with Gasteiger partial charge in [-0.15, -0.1) is 0 Å². The molecule has 1 aromatic carbocycles. The molecule has 0 radical (unpaired) electrons. The van der Waals surface area contributed by atoms with Crippen molar-refractivity contribution in [3.05, 3.63) is 40.6 Å². The maximum Gasteiger partial charge on any atom is 0.348 e. The van der Waals surface area contributed by atoms with E-state index in [2.05, 4.69) is 35.0 Å². The number of benzene rings is 1. The zero-order chi connectivity index (χ0) is 12.0. The van der Waals surface area contributed by atoms with E-state index in [1.54, 1.807) is 0 Å². The number of nitrogens with one attached hydrogen (secondary N) is 1. The van der Waals surface area contributed by atoms with Crippen molar-refractivity contribution in [2.45, 2.75) is 19.8 Å². The Balaban J connectivity index is 2.49. The molecule has 2 heterocycles. The summed E-state index contributed by atoms with van der Waals surface area (Å²) < 4.78 is 1.28. The zero-order valence-electron chi connectivity index (χ0n) is 9.64. The first kappa shape index (κ1) is 10.0. The summed E-state index contributed by atoms with van der Waals surface area (Å²) in [5.41, 5.74) is 2.35. The van der Waals surface area contributed by atoms with E-state index < -0.39 is 0 Å². The summed E-state index contributed by atoms with van der Waals surface area (Å²) in [4.78, 5) is 18.6. The van der Waals surface area contributed by atoms with Crippen LogP contribution in [0.3, 0.4) is 0 Å². The molecule has 0 aliphatic heterocycles. The van der Waals surface area contributed by atoms with Crippen molar-refractivity contribution in [3.8, 4) is 0 Å². The number of hydrogen-bond donors (Lipinski definition) is 1. The number of fused-ring (bicyclic) bond motifs is 3. The maximum atomic E-state index is 11.7. The van der Waals surface area contributed by atoms with E-state index in [0.29, 0.717) is 11.6 Å². The van der Waals surface area contributed by atoms with Gasteiger partial charge >= 0.3 is 5.69 Å². The summed E-state index contributed by atoms with van der Waals surface area (Å²) in [6.45, 7) is 4.27. The van der Waals surface area contributed by atoms with Crippen LogP contribution in [0.25, 0.3) is 16.6 Å². The van der Waals surface area contributed by atoms with Crippen LogP contribution in [0.2, 0.25) is 0 Å². The molecule has 0 bridgehead atoms. The Hall–Kier alpha value is -2.17. The highest BCUT2D eigenvalue weighted by atomic mass is 16.1. The minimum Gasteiger partial charge on any atom is -0.305 e. The Morgan fingerprint density at radius 3 is 2.94 bits per heavy atom. The van der Waals surface area contributed by atoms with Crippen molar-refractivity contribution in [1.82, 2.24) is 19.6 Å². The number of H-pyrrole nitrogens is 1. The molecular weight excluding hydrogens is 216 g/mol. The molecule has 0 saturated carbocycles. The van der Waals surface area contributed by atoms with Gasteiger partial charge in [-0.25, -0.2) is 9.78 Å². The van der Waals surface area contributed by atoms with Gasteiger partial charge < -0.3 is 4.98 Å². The minimum atomic E-state index is -0.262. The van der Waals surface area contributed by atoms with Crippen molar-refractivity contribution in [2.24, 2.45) is 0 Å². The molecule has 3 rings (SSSR count). The summed E-state index contributed by atoms with van der Waals surface area (Å²) in [5, 5.41) is 4.83. The fourth-order valence-corrected chi connectivity index (χ4v) is 1.96. The third kappa shape index (κ3) is 1.43. The van der Waals surface area contributed by atoms with Crippen LogP contribution in [0.1, 0.15) is 25.3 Å². The SMILES string of the molecule is CC(C)c1ccc2[nH]c(=O)n3ncnc3c2c1. The largest absolute Gasteiger partial charge is 0.348 e. The van der Waals surface area contributed by atoms with Gasteiger partial charge in [0.25, 0.3) is 0 Å². The third-order valence-electron chi connectivity index (χ3n) is 2.93. The van der Waals surface area contributed by atoms with Crippen LogP contribution in [-0.4, -0.2) is 19.6 Å². The van der Waals surface area contributed by atoms with Crippen molar-refractivity contribution >= 4 is 16.6 Å². The molecule has 0 aliphatic carbocycles. The normalized spacial score (nSPS) is 11.7. The minimum absolute atomic E-state index is 0.262. The molecule has 0 unspecified atom stereocenters. The second-order valence-corrected chi connectivity index (χ2v) is 4.39. The molecule has 0 saturated heterocycles. The molecule has 1 N–H and O–H groups in total. The molecule has 3 aromatic rings. The standard InChI is InChI=1S/C12H12N4O/c1-7(2)8-3-4-10-9(5-8)11-13-6-14-16(11)12(17)15-10/h3-7H,1-2H3,(H,15,17). The summed E-state index contributed by atoms with van der Waals surface area (Å²) in [7, 11) is 0. The highest BCUT2D eigenvalue weighted by Crippen LogP contribution is 2.21. The Labute approximate surface area is 97.1 Å². The van der Waals surface area contributed by atoms with E-state index >= 15 is 0 Å². The van der Waals surface area contributed by atoms with Gasteiger partial charge in [-0.1, -0.05) is 19.9 Å². The van der Waals surface area contributed by atoms with Gasteiger partial charge in [0, 0.05) is 5.39 Å². The van der Waals surface area contributed by atoms with E-state index in [1.807, 2.05) is 12.1 Å². The second-order valence-electron chi connectivity index (χ2n) is 4.39. The van der Waals surface area contributed by atoms with Crippen LogP contribution in [0.15, 0.2) is 29.3 Å². The summed E-state index contributed by atoms with van der Waals surface area (Å²) in [6, 6.07) is 6.00. The number of nitrogens with zero attached hydrogens (tertiary/aromatic N) is 3. The van der Waals surface area contributed by atoms with Crippen LogP contribution in [-0.2, 0) is 0 Å². The lowest BCUT2D eigenvalue weighted by atomic mass is 10.0. The molecule has 5 heteroatoms. The Morgan fingerprint density at radius 2 is 2.18 bits per heavy atom. The Bertz CT molecular complexity index is 754. The molecule has 86 valence electrons. The fraction of sp³-hybridized carbons (Fsp3) is 0.250. The Morgan fingerprint density at radius 1 is 1.35 bits per heavy atom. The molecular formula is C12H12N4O. The van der Waals surface area contributed by atoms with Gasteiger partial charge in [-0.3, -0.25) is 0 Å². The molecule has 0 amide bonds. The van der Waals surface area contributed by atoms with Crippen LogP contribution in [0.4, 0.5) is 0 Å². The van der Waals surface area contributed by atoms with E-state index in [-0.39, 0.29) is 5.69 Å². The number of hydrogen-bond acceptors (Lipinski definition) is 3. The molecule has 0 fully saturated rings. The van der Waals surface area contributed by atoms with E-state index in [1.165, 1.54) is 16.4 Å². The first-order valence-electron chi connectivity index (χ1n) is 5.52. The van der Waals surface area contributed by atoms with Gasteiger partial charge in [0.2, 0.25) is 0 Å². The van der Waals surface area contributed by atoms with Crippen LogP contribution < -0.4 is 5.69 Å². The van der Waals surface area contributed by atoms with Crippen molar-refractivity contribution in [2.75, 3.05) is 0 Å². The van der Waals surface area contributed by atoms with Crippen molar-refractivity contribution in [1.29, 1.82) is 0 Å². The molecule has 5 nitrogen and oxygen atoms in total. The average molecular weight is 228 g/mol. The van der Waals surface area contributed by atoms with Crippen LogP contribution >= 0.6 is 0 Å². The van der Waals surface area contributed by atoms with Crippen molar-refractivity contribution in [3.63, 3.8) is 0 Å². The van der Waals surface area contributed by atoms with Gasteiger partial charge in [0.1, 0.15) is 6.33 Å². The second kappa shape index (κ2) is 3.41. The highest BCUT2D eigenvalue weighted by molar-refractivity contribution is 5.91. The third-order valence-corrected chi connectivity index (χ3v) is 2.93. The van der Waals surface area contributed by atoms with Gasteiger partial charge in [-0.2, -0.15) is 9.61 Å². The van der Waals surface area contributed by atoms with Crippen LogP contribution in [0.5, 0.6) is 0 Å². The zero-order valence-corrected chi connectivity index (χ0v) is 9.64. The number of aromatic nitrogens is 4. The number of rotatable bonds is 1.